The van der Waals surface area contributed by atoms with Crippen molar-refractivity contribution in [2.24, 2.45) is 10.9 Å². The minimum Gasteiger partial charge on any atom is -0.409 e. The fraction of sp³-hybridized carbons (Fsp3) is 0.500. The molecule has 8 heteroatoms. The first-order chi connectivity index (χ1) is 7.74. The molecule has 7 nitrogen and oxygen atoms in total. The van der Waals surface area contributed by atoms with Gasteiger partial charge < -0.3 is 16.3 Å². The van der Waals surface area contributed by atoms with E-state index in [9.17, 15) is 4.79 Å². The molecule has 0 fully saturated rings. The summed E-state index contributed by atoms with van der Waals surface area (Å²) in [5, 5.41) is 17.4. The van der Waals surface area contributed by atoms with Gasteiger partial charge in [0.15, 0.2) is 0 Å². The second kappa shape index (κ2) is 6.72. The van der Waals surface area contributed by atoms with Crippen molar-refractivity contribution in [3.8, 4) is 0 Å². The number of hydrogen-bond donors (Lipinski definition) is 3. The van der Waals surface area contributed by atoms with Crippen LogP contribution in [0.3, 0.4) is 0 Å². The molecule has 0 aromatic carbocycles. The summed E-state index contributed by atoms with van der Waals surface area (Å²) in [4.78, 5) is 11.9. The molecule has 1 aromatic rings. The van der Waals surface area contributed by atoms with E-state index in [1.807, 2.05) is 0 Å². The molecule has 4 N–H and O–H groups in total. The highest BCUT2D eigenvalue weighted by molar-refractivity contribution is 7.07. The van der Waals surface area contributed by atoms with Crippen LogP contribution in [-0.4, -0.2) is 33.1 Å². The van der Waals surface area contributed by atoms with Crippen LogP contribution in [0.4, 0.5) is 0 Å². The summed E-state index contributed by atoms with van der Waals surface area (Å²) in [6, 6.07) is 0. The number of oxime groups is 1. The molecule has 0 radical (unpaired) electrons. The Kier molecular flexibility index (Phi) is 5.20. The van der Waals surface area contributed by atoms with Gasteiger partial charge in [-0.05, 0) is 24.4 Å². The molecule has 0 bridgehead atoms. The van der Waals surface area contributed by atoms with Crippen LogP contribution in [0, 0.1) is 0 Å². The van der Waals surface area contributed by atoms with Gasteiger partial charge in [0.25, 0.3) is 5.91 Å². The van der Waals surface area contributed by atoms with Gasteiger partial charge in [0.1, 0.15) is 10.7 Å². The van der Waals surface area contributed by atoms with E-state index in [1.165, 1.54) is 6.20 Å². The van der Waals surface area contributed by atoms with Gasteiger partial charge >= 0.3 is 0 Å². The predicted octanol–water partition coefficient (Wildman–Crippen LogP) is 0.185. The fourth-order valence-electron chi connectivity index (χ4n) is 1.04. The average molecular weight is 243 g/mol. The third-order valence-electron chi connectivity index (χ3n) is 1.86. The predicted molar refractivity (Wildman–Crippen MR) is 59.5 cm³/mol. The van der Waals surface area contributed by atoms with E-state index in [0.29, 0.717) is 17.8 Å². The summed E-state index contributed by atoms with van der Waals surface area (Å²) < 4.78 is 3.59. The van der Waals surface area contributed by atoms with E-state index in [0.717, 1.165) is 24.4 Å². The van der Waals surface area contributed by atoms with Gasteiger partial charge in [0.05, 0.1) is 6.20 Å². The monoisotopic (exact) mass is 243 g/mol. The molecule has 0 atom stereocenters. The van der Waals surface area contributed by atoms with Crippen molar-refractivity contribution in [3.05, 3.63) is 11.1 Å². The average Bonchev–Trinajstić information content (AvgIpc) is 2.81. The Bertz CT molecular complexity index is 351. The summed E-state index contributed by atoms with van der Waals surface area (Å²) in [7, 11) is 0. The third-order valence-corrected chi connectivity index (χ3v) is 2.52. The number of amidine groups is 1. The number of nitrogens with one attached hydrogen (secondary N) is 1. The normalized spacial score (nSPS) is 11.4. The van der Waals surface area contributed by atoms with E-state index in [-0.39, 0.29) is 11.7 Å². The first-order valence-electron chi connectivity index (χ1n) is 4.76. The number of nitrogens with zero attached hydrogens (tertiary/aromatic N) is 3. The lowest BCUT2D eigenvalue weighted by Crippen LogP contribution is -2.23. The van der Waals surface area contributed by atoms with E-state index in [4.69, 9.17) is 10.9 Å². The van der Waals surface area contributed by atoms with Crippen molar-refractivity contribution in [3.63, 3.8) is 0 Å². The minimum absolute atomic E-state index is 0.168. The maximum Gasteiger partial charge on any atom is 0.264 e. The molecule has 0 saturated carbocycles. The maximum absolute atomic E-state index is 11.4. The van der Waals surface area contributed by atoms with Gasteiger partial charge in [0, 0.05) is 13.0 Å². The Morgan fingerprint density at radius 1 is 1.62 bits per heavy atom. The van der Waals surface area contributed by atoms with Crippen molar-refractivity contribution in [2.75, 3.05) is 6.54 Å². The highest BCUT2D eigenvalue weighted by atomic mass is 32.1. The Hall–Kier alpha value is -1.70. The summed E-state index contributed by atoms with van der Waals surface area (Å²) in [6.07, 6.45) is 3.48. The second-order valence-corrected chi connectivity index (χ2v) is 3.87. The van der Waals surface area contributed by atoms with E-state index >= 15 is 0 Å². The molecule has 1 rings (SSSR count). The van der Waals surface area contributed by atoms with Crippen LogP contribution in [0.1, 0.15) is 28.9 Å². The largest absolute Gasteiger partial charge is 0.409 e. The van der Waals surface area contributed by atoms with Crippen molar-refractivity contribution < 1.29 is 10.0 Å². The first kappa shape index (κ1) is 12.4. The molecule has 0 aliphatic rings. The van der Waals surface area contributed by atoms with Crippen molar-refractivity contribution in [2.45, 2.75) is 19.3 Å². The molecule has 16 heavy (non-hydrogen) atoms. The molecule has 1 amide bonds. The fourth-order valence-corrected chi connectivity index (χ4v) is 1.47. The molecule has 0 aliphatic carbocycles. The smallest absolute Gasteiger partial charge is 0.264 e. The van der Waals surface area contributed by atoms with Gasteiger partial charge in [-0.2, -0.15) is 0 Å². The Morgan fingerprint density at radius 2 is 2.44 bits per heavy atom. The molecule has 88 valence electrons. The van der Waals surface area contributed by atoms with E-state index < -0.39 is 0 Å². The number of aromatic nitrogens is 2. The number of rotatable bonds is 6. The molecule has 1 aromatic heterocycles. The van der Waals surface area contributed by atoms with Crippen molar-refractivity contribution in [1.82, 2.24) is 14.9 Å². The van der Waals surface area contributed by atoms with Crippen LogP contribution in [0.25, 0.3) is 0 Å². The standard InChI is InChI=1S/C8H13N5O2S/c9-7(12-15)3-1-2-4-10-8(14)6-5-11-13-16-6/h5,15H,1-4H2,(H2,9,12)(H,10,14). The Balaban J connectivity index is 2.10. The van der Waals surface area contributed by atoms with Gasteiger partial charge in [-0.25, -0.2) is 0 Å². The molecule has 1 heterocycles. The number of nitrogens with two attached hydrogens (primary N) is 1. The summed E-state index contributed by atoms with van der Waals surface area (Å²) >= 11 is 1.06. The number of carbonyl (C=O) groups is 1. The number of carbonyl (C=O) groups excluding carboxylic acids is 1. The van der Waals surface area contributed by atoms with Gasteiger partial charge in [-0.1, -0.05) is 9.64 Å². The van der Waals surface area contributed by atoms with Crippen molar-refractivity contribution in [1.29, 1.82) is 0 Å². The minimum atomic E-state index is -0.168. The van der Waals surface area contributed by atoms with Crippen LogP contribution in [-0.2, 0) is 0 Å². The third kappa shape index (κ3) is 4.22. The maximum atomic E-state index is 11.4. The zero-order valence-corrected chi connectivity index (χ0v) is 9.40. The van der Waals surface area contributed by atoms with E-state index in [1.54, 1.807) is 0 Å². The SMILES string of the molecule is NC(CCCCNC(=O)c1cnns1)=NO. The van der Waals surface area contributed by atoms with Gasteiger partial charge in [-0.3, -0.25) is 4.79 Å². The van der Waals surface area contributed by atoms with Crippen LogP contribution < -0.4 is 11.1 Å². The van der Waals surface area contributed by atoms with Gasteiger partial charge in [0.2, 0.25) is 0 Å². The molecule has 0 spiro atoms. The first-order valence-corrected chi connectivity index (χ1v) is 5.53. The van der Waals surface area contributed by atoms with Crippen LogP contribution in [0.2, 0.25) is 0 Å². The lowest BCUT2D eigenvalue weighted by Gasteiger charge is -2.02. The van der Waals surface area contributed by atoms with Crippen LogP contribution in [0.5, 0.6) is 0 Å². The molecule has 0 saturated heterocycles. The number of hydrogen-bond acceptors (Lipinski definition) is 6. The number of unbranched alkanes of at least 4 members (excludes halogenated alkanes) is 1. The van der Waals surface area contributed by atoms with Gasteiger partial charge in [-0.15, -0.1) is 5.10 Å². The van der Waals surface area contributed by atoms with Crippen LogP contribution >= 0.6 is 11.5 Å². The summed E-state index contributed by atoms with van der Waals surface area (Å²) in [5.41, 5.74) is 5.29. The second-order valence-electron chi connectivity index (χ2n) is 3.09. The summed E-state index contributed by atoms with van der Waals surface area (Å²) in [5.74, 6) is 0.0387. The van der Waals surface area contributed by atoms with E-state index in [2.05, 4.69) is 20.1 Å². The van der Waals surface area contributed by atoms with Crippen molar-refractivity contribution >= 4 is 23.3 Å². The lowest BCUT2D eigenvalue weighted by molar-refractivity contribution is 0.0957. The Labute approximate surface area is 96.5 Å². The molecule has 0 aliphatic heterocycles. The lowest BCUT2D eigenvalue weighted by atomic mass is 10.2. The Morgan fingerprint density at radius 3 is 3.06 bits per heavy atom. The molecule has 0 unspecified atom stereocenters. The highest BCUT2D eigenvalue weighted by Gasteiger charge is 2.06. The zero-order valence-electron chi connectivity index (χ0n) is 8.59. The quantitative estimate of drug-likeness (QED) is 0.217. The molecular formula is C8H13N5O2S. The topological polar surface area (TPSA) is 113 Å². The number of amides is 1. The zero-order chi connectivity index (χ0) is 11.8. The van der Waals surface area contributed by atoms with Crippen LogP contribution in [0.15, 0.2) is 11.4 Å². The summed E-state index contributed by atoms with van der Waals surface area (Å²) in [6.45, 7) is 0.551. The molecular weight excluding hydrogens is 230 g/mol. The highest BCUT2D eigenvalue weighted by Crippen LogP contribution is 2.01.